The quantitative estimate of drug-likeness (QED) is 0.810. The maximum absolute atomic E-state index is 12.2. The van der Waals surface area contributed by atoms with Gasteiger partial charge >= 0.3 is 0 Å². The van der Waals surface area contributed by atoms with Crippen molar-refractivity contribution in [3.05, 3.63) is 76.2 Å². The van der Waals surface area contributed by atoms with Gasteiger partial charge in [-0.15, -0.1) is 0 Å². The van der Waals surface area contributed by atoms with Gasteiger partial charge in [-0.25, -0.2) is 0 Å². The van der Waals surface area contributed by atoms with Crippen LogP contribution in [0.3, 0.4) is 0 Å². The molecule has 5 nitrogen and oxygen atoms in total. The fraction of sp³-hybridized carbons (Fsp3) is 0.385. The Labute approximate surface area is 183 Å². The van der Waals surface area contributed by atoms with Crippen LogP contribution >= 0.6 is 0 Å². The van der Waals surface area contributed by atoms with Gasteiger partial charge in [0.25, 0.3) is 0 Å². The molecule has 0 unspecified atom stereocenters. The molecule has 31 heavy (non-hydrogen) atoms. The molecule has 0 spiro atoms. The molecule has 0 saturated heterocycles. The molecule has 0 radical (unpaired) electrons. The molecule has 1 amide bonds. The molecule has 1 atom stereocenters. The van der Waals surface area contributed by atoms with Gasteiger partial charge in [0.15, 0.2) is 5.78 Å². The lowest BCUT2D eigenvalue weighted by atomic mass is 9.78. The van der Waals surface area contributed by atoms with Crippen molar-refractivity contribution in [1.29, 1.82) is 0 Å². The highest BCUT2D eigenvalue weighted by molar-refractivity contribution is 6.02. The first kappa shape index (κ1) is 19.9. The van der Waals surface area contributed by atoms with Crippen LogP contribution in [0.1, 0.15) is 44.7 Å². The molecule has 1 aromatic rings. The summed E-state index contributed by atoms with van der Waals surface area (Å²) in [6.45, 7) is 8.14. The summed E-state index contributed by atoms with van der Waals surface area (Å²) < 4.78 is 6.26. The van der Waals surface area contributed by atoms with Crippen LogP contribution in [0, 0.1) is 0 Å². The predicted octanol–water partition coefficient (Wildman–Crippen LogP) is 3.86. The number of rotatable bonds is 4. The topological polar surface area (TPSA) is 58.6 Å². The molecular formula is C26H28N2O3. The van der Waals surface area contributed by atoms with E-state index in [0.29, 0.717) is 18.7 Å². The summed E-state index contributed by atoms with van der Waals surface area (Å²) in [5.41, 5.74) is 6.74. The summed E-state index contributed by atoms with van der Waals surface area (Å²) >= 11 is 0. The van der Waals surface area contributed by atoms with Crippen molar-refractivity contribution >= 4 is 17.4 Å². The minimum Gasteiger partial charge on any atom is -0.485 e. The molecule has 1 N–H and O–H groups in total. The monoisotopic (exact) mass is 416 g/mol. The molecule has 160 valence electrons. The summed E-state index contributed by atoms with van der Waals surface area (Å²) in [6, 6.07) is 6.43. The van der Waals surface area contributed by atoms with Gasteiger partial charge in [0, 0.05) is 53.5 Å². The molecule has 1 aliphatic carbocycles. The summed E-state index contributed by atoms with van der Waals surface area (Å²) in [4.78, 5) is 26.4. The van der Waals surface area contributed by atoms with Crippen LogP contribution in [-0.2, 0) is 26.2 Å². The average Bonchev–Trinajstić information content (AvgIpc) is 2.97. The third-order valence-corrected chi connectivity index (χ3v) is 6.62. The first-order valence-corrected chi connectivity index (χ1v) is 11.1. The Bertz CT molecular complexity index is 1100. The van der Waals surface area contributed by atoms with Crippen LogP contribution in [0.2, 0.25) is 0 Å². The molecule has 3 heterocycles. The van der Waals surface area contributed by atoms with E-state index >= 15 is 0 Å². The Hall–Kier alpha value is -3.08. The first-order valence-electron chi connectivity index (χ1n) is 11.1. The number of fused-ring (bicyclic) bond motifs is 5. The molecule has 5 heteroatoms. The zero-order valence-electron chi connectivity index (χ0n) is 18.3. The number of ketones is 1. The second-order valence-corrected chi connectivity index (χ2v) is 9.20. The lowest BCUT2D eigenvalue weighted by molar-refractivity contribution is -0.120. The van der Waals surface area contributed by atoms with Gasteiger partial charge in [0.05, 0.1) is 6.42 Å². The third kappa shape index (κ3) is 3.23. The number of amides is 1. The van der Waals surface area contributed by atoms with Crippen molar-refractivity contribution in [2.24, 2.45) is 0 Å². The molecule has 0 aromatic heterocycles. The molecule has 5 rings (SSSR count). The molecule has 0 bridgehead atoms. The molecule has 1 aromatic carbocycles. The Kier molecular flexibility index (Phi) is 4.65. The van der Waals surface area contributed by atoms with Gasteiger partial charge < -0.3 is 15.0 Å². The zero-order chi connectivity index (χ0) is 21.8. The maximum atomic E-state index is 12.2. The summed E-state index contributed by atoms with van der Waals surface area (Å²) in [6.07, 6.45) is 9.40. The van der Waals surface area contributed by atoms with E-state index in [1.807, 2.05) is 6.08 Å². The summed E-state index contributed by atoms with van der Waals surface area (Å²) in [5.74, 6) is 0.731. The number of nitrogens with one attached hydrogen (secondary N) is 1. The summed E-state index contributed by atoms with van der Waals surface area (Å²) in [7, 11) is 0. The highest BCUT2D eigenvalue weighted by Crippen LogP contribution is 2.53. The van der Waals surface area contributed by atoms with E-state index in [-0.39, 0.29) is 23.2 Å². The maximum Gasteiger partial charge on any atom is 0.224 e. The SMILES string of the molecule is CCCNC(=O)Cc1ccc2c(c1)C(C)(C)C1=C3C=C4C=CC(=O)C=C4O[C@H]3CCN12. The Morgan fingerprint density at radius 1 is 1.26 bits per heavy atom. The van der Waals surface area contributed by atoms with Crippen LogP contribution in [0.5, 0.6) is 0 Å². The van der Waals surface area contributed by atoms with Gasteiger partial charge in [-0.2, -0.15) is 0 Å². The predicted molar refractivity (Wildman–Crippen MR) is 121 cm³/mol. The van der Waals surface area contributed by atoms with Gasteiger partial charge in [-0.1, -0.05) is 32.9 Å². The fourth-order valence-electron chi connectivity index (χ4n) is 5.17. The lowest BCUT2D eigenvalue weighted by Crippen LogP contribution is -2.39. The zero-order valence-corrected chi connectivity index (χ0v) is 18.3. The minimum absolute atomic E-state index is 0.0233. The van der Waals surface area contributed by atoms with Crippen molar-refractivity contribution < 1.29 is 14.3 Å². The Morgan fingerprint density at radius 3 is 2.90 bits per heavy atom. The number of benzene rings is 1. The first-order chi connectivity index (χ1) is 14.9. The highest BCUT2D eigenvalue weighted by atomic mass is 16.5. The minimum atomic E-state index is -0.199. The molecule has 0 fully saturated rings. The van der Waals surface area contributed by atoms with Gasteiger partial charge in [0.1, 0.15) is 11.9 Å². The Morgan fingerprint density at radius 2 is 2.10 bits per heavy atom. The van der Waals surface area contributed by atoms with Gasteiger partial charge in [0.2, 0.25) is 5.91 Å². The summed E-state index contributed by atoms with van der Waals surface area (Å²) in [5, 5.41) is 2.97. The number of anilines is 1. The number of carbonyl (C=O) groups excluding carboxylic acids is 2. The van der Waals surface area contributed by atoms with Crippen molar-refractivity contribution in [2.45, 2.75) is 51.6 Å². The van der Waals surface area contributed by atoms with Crippen LogP contribution in [-0.4, -0.2) is 30.9 Å². The second kappa shape index (κ2) is 7.26. The smallest absolute Gasteiger partial charge is 0.224 e. The average molecular weight is 417 g/mol. The van der Waals surface area contributed by atoms with Crippen molar-refractivity contribution in [3.8, 4) is 0 Å². The van der Waals surface area contributed by atoms with Gasteiger partial charge in [-0.05, 0) is 41.8 Å². The lowest BCUT2D eigenvalue weighted by Gasteiger charge is -2.40. The van der Waals surface area contributed by atoms with Crippen LogP contribution < -0.4 is 10.2 Å². The van der Waals surface area contributed by atoms with E-state index in [0.717, 1.165) is 30.5 Å². The van der Waals surface area contributed by atoms with E-state index in [2.05, 4.69) is 55.3 Å². The van der Waals surface area contributed by atoms with Crippen molar-refractivity contribution in [3.63, 3.8) is 0 Å². The molecule has 4 aliphatic rings. The second-order valence-electron chi connectivity index (χ2n) is 9.20. The third-order valence-electron chi connectivity index (χ3n) is 6.62. The normalized spacial score (nSPS) is 22.6. The number of hydrogen-bond donors (Lipinski definition) is 1. The van der Waals surface area contributed by atoms with Crippen LogP contribution in [0.4, 0.5) is 5.69 Å². The van der Waals surface area contributed by atoms with Gasteiger partial charge in [-0.3, -0.25) is 9.59 Å². The van der Waals surface area contributed by atoms with Crippen LogP contribution in [0.15, 0.2) is 65.1 Å². The highest BCUT2D eigenvalue weighted by Gasteiger charge is 2.46. The largest absolute Gasteiger partial charge is 0.485 e. The van der Waals surface area contributed by atoms with Crippen molar-refractivity contribution in [1.82, 2.24) is 5.32 Å². The number of nitrogens with zero attached hydrogens (tertiary/aromatic N) is 1. The van der Waals surface area contributed by atoms with Crippen LogP contribution in [0.25, 0.3) is 0 Å². The number of carbonyl (C=O) groups is 2. The van der Waals surface area contributed by atoms with E-state index in [1.54, 1.807) is 12.2 Å². The van der Waals surface area contributed by atoms with Crippen molar-refractivity contribution in [2.75, 3.05) is 18.0 Å². The van der Waals surface area contributed by atoms with E-state index in [1.165, 1.54) is 22.5 Å². The Balaban J connectivity index is 1.54. The van der Waals surface area contributed by atoms with E-state index < -0.39 is 0 Å². The molecule has 0 saturated carbocycles. The van der Waals surface area contributed by atoms with E-state index in [4.69, 9.17) is 4.74 Å². The standard InChI is InChI=1S/C26H28N2O3/c1-4-10-27-24(30)13-16-5-8-21-20(12-16)26(2,3)25-19-14-17-6-7-18(29)15-23(17)31-22(19)9-11-28(21)25/h5-8,12,14-15,22H,4,9-11,13H2,1-3H3,(H,27,30)/t22-/m0/s1. The molecular weight excluding hydrogens is 388 g/mol. The number of hydrogen-bond acceptors (Lipinski definition) is 4. The fourth-order valence-corrected chi connectivity index (χ4v) is 5.17. The molecule has 3 aliphatic heterocycles. The van der Waals surface area contributed by atoms with E-state index in [9.17, 15) is 9.59 Å². The number of allylic oxidation sites excluding steroid dienone is 4. The number of ether oxygens (including phenoxy) is 1.